The fourth-order valence-electron chi connectivity index (χ4n) is 2.14. The van der Waals surface area contributed by atoms with Gasteiger partial charge in [-0.1, -0.05) is 36.4 Å². The second kappa shape index (κ2) is 6.59. The summed E-state index contributed by atoms with van der Waals surface area (Å²) in [5, 5.41) is 0. The summed E-state index contributed by atoms with van der Waals surface area (Å²) in [6.07, 6.45) is 0. The molecule has 3 aromatic rings. The van der Waals surface area contributed by atoms with Gasteiger partial charge in [0.05, 0.1) is 0 Å². The highest BCUT2D eigenvalue weighted by atomic mass is 32.3. The Hall–Kier alpha value is -2.44. The maximum atomic E-state index is 12.4. The number of carbonyl (C=O) groups excluding carboxylic acids is 1. The first-order valence-corrected chi connectivity index (χ1v) is 9.39. The van der Waals surface area contributed by atoms with Gasteiger partial charge in [0.25, 0.3) is 0 Å². The molecule has 24 heavy (non-hydrogen) atoms. The highest BCUT2D eigenvalue weighted by Crippen LogP contribution is 2.32. The predicted molar refractivity (Wildman–Crippen MR) is 94.0 cm³/mol. The lowest BCUT2D eigenvalue weighted by Crippen LogP contribution is -2.07. The summed E-state index contributed by atoms with van der Waals surface area (Å²) in [5.74, 6) is 0.236. The molecule has 0 radical (unpaired) electrons. The average molecular weight is 358 g/mol. The van der Waals surface area contributed by atoms with Gasteiger partial charge in [-0.2, -0.15) is 8.42 Å². The molecule has 0 bridgehead atoms. The van der Waals surface area contributed by atoms with Crippen LogP contribution in [-0.2, 0) is 10.1 Å². The number of hydrogen-bond donors (Lipinski definition) is 0. The number of rotatable bonds is 5. The summed E-state index contributed by atoms with van der Waals surface area (Å²) in [7, 11) is -3.88. The molecule has 0 unspecified atom stereocenters. The molecule has 0 N–H and O–H groups in total. The lowest BCUT2D eigenvalue weighted by molar-refractivity contribution is 0.101. The van der Waals surface area contributed by atoms with E-state index < -0.39 is 10.1 Å². The van der Waals surface area contributed by atoms with E-state index in [9.17, 15) is 13.2 Å². The first-order chi connectivity index (χ1) is 11.5. The van der Waals surface area contributed by atoms with E-state index in [4.69, 9.17) is 4.18 Å². The minimum absolute atomic E-state index is 0.0336. The second-order valence-electron chi connectivity index (χ2n) is 5.11. The Kier molecular flexibility index (Phi) is 4.51. The Morgan fingerprint density at radius 1 is 0.958 bits per heavy atom. The van der Waals surface area contributed by atoms with Gasteiger partial charge in [-0.3, -0.25) is 4.79 Å². The zero-order chi connectivity index (χ0) is 17.2. The molecule has 0 aliphatic heterocycles. The molecule has 0 amide bonds. The summed E-state index contributed by atoms with van der Waals surface area (Å²) in [6.45, 7) is 1.50. The Morgan fingerprint density at radius 2 is 1.71 bits per heavy atom. The summed E-state index contributed by atoms with van der Waals surface area (Å²) in [5.41, 5.74) is 1.39. The summed E-state index contributed by atoms with van der Waals surface area (Å²) < 4.78 is 30.0. The molecular weight excluding hydrogens is 344 g/mol. The Balaban J connectivity index is 1.90. The normalized spacial score (nSPS) is 11.2. The molecule has 0 aliphatic rings. The van der Waals surface area contributed by atoms with E-state index in [1.807, 2.05) is 6.07 Å². The van der Waals surface area contributed by atoms with Crippen LogP contribution in [0.5, 0.6) is 5.75 Å². The molecule has 3 rings (SSSR count). The van der Waals surface area contributed by atoms with Gasteiger partial charge in [-0.05, 0) is 42.8 Å². The van der Waals surface area contributed by atoms with Gasteiger partial charge in [0.1, 0.15) is 5.75 Å². The highest BCUT2D eigenvalue weighted by molar-refractivity contribution is 7.89. The van der Waals surface area contributed by atoms with Crippen molar-refractivity contribution in [1.29, 1.82) is 0 Å². The Morgan fingerprint density at radius 3 is 2.42 bits per heavy atom. The molecule has 0 aliphatic carbocycles. The predicted octanol–water partition coefficient (Wildman–Crippen LogP) is 4.39. The van der Waals surface area contributed by atoms with Crippen molar-refractivity contribution in [1.82, 2.24) is 0 Å². The van der Waals surface area contributed by atoms with Crippen molar-refractivity contribution in [3.05, 3.63) is 72.3 Å². The molecule has 0 atom stereocenters. The van der Waals surface area contributed by atoms with Crippen molar-refractivity contribution >= 4 is 27.2 Å². The average Bonchev–Trinajstić information content (AvgIpc) is 3.06. The Bertz CT molecular complexity index is 973. The van der Waals surface area contributed by atoms with E-state index >= 15 is 0 Å². The number of Topliss-reactive ketones (excluding diaryl/α,β-unsaturated/α-hetero) is 1. The van der Waals surface area contributed by atoms with Gasteiger partial charge < -0.3 is 4.18 Å². The third-order valence-corrected chi connectivity index (χ3v) is 6.16. The quantitative estimate of drug-likeness (QED) is 0.501. The SMILES string of the molecule is CC(=O)c1cccc(-c2ccc(S(=O)(=O)Oc3ccccc3)s2)c1. The molecule has 2 aromatic carbocycles. The smallest absolute Gasteiger partial charge is 0.348 e. The molecule has 0 saturated heterocycles. The summed E-state index contributed by atoms with van der Waals surface area (Å²) >= 11 is 1.11. The molecule has 0 fully saturated rings. The highest BCUT2D eigenvalue weighted by Gasteiger charge is 2.20. The lowest BCUT2D eigenvalue weighted by atomic mass is 10.1. The van der Waals surface area contributed by atoms with Crippen LogP contribution in [0.4, 0.5) is 0 Å². The van der Waals surface area contributed by atoms with Crippen molar-refractivity contribution in [3.63, 3.8) is 0 Å². The van der Waals surface area contributed by atoms with Crippen LogP contribution in [0.1, 0.15) is 17.3 Å². The first-order valence-electron chi connectivity index (χ1n) is 7.16. The molecule has 6 heteroatoms. The van der Waals surface area contributed by atoms with Crippen LogP contribution >= 0.6 is 11.3 Å². The number of benzene rings is 2. The Labute approximate surface area is 144 Å². The van der Waals surface area contributed by atoms with Crippen molar-refractivity contribution in [2.75, 3.05) is 0 Å². The number of thiophene rings is 1. The molecule has 0 saturated carbocycles. The monoisotopic (exact) mass is 358 g/mol. The van der Waals surface area contributed by atoms with E-state index in [1.54, 1.807) is 54.6 Å². The van der Waals surface area contributed by atoms with E-state index in [0.29, 0.717) is 5.56 Å². The zero-order valence-electron chi connectivity index (χ0n) is 12.8. The maximum absolute atomic E-state index is 12.4. The van der Waals surface area contributed by atoms with Crippen LogP contribution in [0.25, 0.3) is 10.4 Å². The maximum Gasteiger partial charge on any atom is 0.348 e. The number of hydrogen-bond acceptors (Lipinski definition) is 5. The van der Waals surface area contributed by atoms with Crippen molar-refractivity contribution in [3.8, 4) is 16.2 Å². The third kappa shape index (κ3) is 3.55. The number of carbonyl (C=O) groups is 1. The molecule has 1 heterocycles. The summed E-state index contributed by atoms with van der Waals surface area (Å²) in [6, 6.07) is 18.7. The van der Waals surface area contributed by atoms with Gasteiger partial charge in [-0.15, -0.1) is 11.3 Å². The van der Waals surface area contributed by atoms with Gasteiger partial charge in [-0.25, -0.2) is 0 Å². The van der Waals surface area contributed by atoms with Crippen LogP contribution in [0.3, 0.4) is 0 Å². The minimum Gasteiger partial charge on any atom is -0.378 e. The first kappa shape index (κ1) is 16.4. The molecular formula is C18H14O4S2. The second-order valence-corrected chi connectivity index (χ2v) is 7.96. The van der Waals surface area contributed by atoms with Gasteiger partial charge >= 0.3 is 10.1 Å². The van der Waals surface area contributed by atoms with Crippen LogP contribution in [0.2, 0.25) is 0 Å². The van der Waals surface area contributed by atoms with Crippen LogP contribution < -0.4 is 4.18 Å². The van der Waals surface area contributed by atoms with E-state index in [1.165, 1.54) is 13.0 Å². The third-order valence-electron chi connectivity index (χ3n) is 3.33. The fraction of sp³-hybridized carbons (Fsp3) is 0.0556. The van der Waals surface area contributed by atoms with Crippen LogP contribution in [0.15, 0.2) is 70.9 Å². The molecule has 4 nitrogen and oxygen atoms in total. The van der Waals surface area contributed by atoms with Crippen LogP contribution in [-0.4, -0.2) is 14.2 Å². The van der Waals surface area contributed by atoms with Crippen LogP contribution in [0, 0.1) is 0 Å². The standard InChI is InChI=1S/C18H14O4S2/c1-13(19)14-6-5-7-15(12-14)17-10-11-18(23-17)24(20,21)22-16-8-3-2-4-9-16/h2-12H,1H3. The summed E-state index contributed by atoms with van der Waals surface area (Å²) in [4.78, 5) is 12.2. The zero-order valence-corrected chi connectivity index (χ0v) is 14.4. The fourth-order valence-corrected chi connectivity index (χ4v) is 4.34. The topological polar surface area (TPSA) is 60.4 Å². The van der Waals surface area contributed by atoms with E-state index in [2.05, 4.69) is 0 Å². The van der Waals surface area contributed by atoms with Crippen molar-refractivity contribution in [2.24, 2.45) is 0 Å². The largest absolute Gasteiger partial charge is 0.378 e. The number of ketones is 1. The van der Waals surface area contributed by atoms with E-state index in [0.717, 1.165) is 21.8 Å². The minimum atomic E-state index is -3.88. The van der Waals surface area contributed by atoms with Gasteiger partial charge in [0, 0.05) is 10.4 Å². The van der Waals surface area contributed by atoms with Gasteiger partial charge in [0.2, 0.25) is 0 Å². The number of para-hydroxylation sites is 1. The van der Waals surface area contributed by atoms with Crippen molar-refractivity contribution in [2.45, 2.75) is 11.1 Å². The molecule has 1 aromatic heterocycles. The van der Waals surface area contributed by atoms with E-state index in [-0.39, 0.29) is 15.7 Å². The molecule has 0 spiro atoms. The van der Waals surface area contributed by atoms with Gasteiger partial charge in [0.15, 0.2) is 9.99 Å². The molecule has 122 valence electrons. The van der Waals surface area contributed by atoms with Crippen molar-refractivity contribution < 1.29 is 17.4 Å². The lowest BCUT2D eigenvalue weighted by Gasteiger charge is -2.04.